The summed E-state index contributed by atoms with van der Waals surface area (Å²) in [6.45, 7) is 4.99. The first-order valence-electron chi connectivity index (χ1n) is 6.74. The summed E-state index contributed by atoms with van der Waals surface area (Å²) < 4.78 is 10.3. The molecule has 116 valence electrons. The third-order valence-electron chi connectivity index (χ3n) is 2.59. The van der Waals surface area contributed by atoms with Gasteiger partial charge in [-0.2, -0.15) is 0 Å². The van der Waals surface area contributed by atoms with Crippen molar-refractivity contribution in [3.63, 3.8) is 0 Å². The van der Waals surface area contributed by atoms with Crippen LogP contribution in [0.3, 0.4) is 0 Å². The zero-order chi connectivity index (χ0) is 15.8. The number of rotatable bonds is 8. The van der Waals surface area contributed by atoms with Crippen molar-refractivity contribution in [2.24, 2.45) is 0 Å². The molecular weight excluding hydrogens is 274 g/mol. The maximum atomic E-state index is 11.6. The number of carbonyl (C=O) groups excluding carboxylic acids is 1. The van der Waals surface area contributed by atoms with Crippen LogP contribution >= 0.6 is 0 Å². The summed E-state index contributed by atoms with van der Waals surface area (Å²) in [5.74, 6) is -0.681. The van der Waals surface area contributed by atoms with E-state index in [1.807, 2.05) is 45.0 Å². The molecule has 0 heterocycles. The molecule has 0 radical (unpaired) electrons. The summed E-state index contributed by atoms with van der Waals surface area (Å²) in [4.78, 5) is 21.8. The van der Waals surface area contributed by atoms with Crippen molar-refractivity contribution in [2.75, 3.05) is 13.2 Å². The average molecular weight is 295 g/mol. The van der Waals surface area contributed by atoms with Crippen LogP contribution in [0.2, 0.25) is 0 Å². The molecule has 0 saturated heterocycles. The minimum absolute atomic E-state index is 0.111. The minimum Gasteiger partial charge on any atom is -0.491 e. The lowest BCUT2D eigenvalue weighted by molar-refractivity contribution is -0.143. The van der Waals surface area contributed by atoms with Gasteiger partial charge >= 0.3 is 5.97 Å². The highest BCUT2D eigenvalue weighted by Gasteiger charge is 2.10. The Hall–Kier alpha value is -2.08. The van der Waals surface area contributed by atoms with Crippen molar-refractivity contribution in [2.45, 2.75) is 32.9 Å². The maximum absolute atomic E-state index is 11.6. The molecule has 2 N–H and O–H groups in total. The van der Waals surface area contributed by atoms with E-state index in [2.05, 4.69) is 5.32 Å². The molecule has 21 heavy (non-hydrogen) atoms. The van der Waals surface area contributed by atoms with E-state index in [9.17, 15) is 9.59 Å². The fourth-order valence-corrected chi connectivity index (χ4v) is 1.70. The Kier molecular flexibility index (Phi) is 6.68. The predicted octanol–water partition coefficient (Wildman–Crippen LogP) is 1.75. The van der Waals surface area contributed by atoms with Crippen LogP contribution in [-0.2, 0) is 14.3 Å². The summed E-state index contributed by atoms with van der Waals surface area (Å²) in [7, 11) is 0. The molecular formula is C15H21NO5. The van der Waals surface area contributed by atoms with E-state index in [1.54, 1.807) is 0 Å². The highest BCUT2D eigenvalue weighted by atomic mass is 16.5. The number of carboxylic acids is 1. The summed E-state index contributed by atoms with van der Waals surface area (Å²) in [5, 5.41) is 11.1. The number of carbonyl (C=O) groups is 2. The van der Waals surface area contributed by atoms with E-state index < -0.39 is 12.6 Å². The molecule has 1 amide bonds. The summed E-state index contributed by atoms with van der Waals surface area (Å²) >= 11 is 0. The van der Waals surface area contributed by atoms with E-state index in [0.717, 1.165) is 11.3 Å². The summed E-state index contributed by atoms with van der Waals surface area (Å²) in [5.41, 5.74) is 0.928. The third-order valence-corrected chi connectivity index (χ3v) is 2.59. The van der Waals surface area contributed by atoms with Gasteiger partial charge in [0.05, 0.1) is 12.1 Å². The van der Waals surface area contributed by atoms with Crippen LogP contribution in [0.4, 0.5) is 0 Å². The van der Waals surface area contributed by atoms with Gasteiger partial charge in [-0.05, 0) is 38.5 Å². The lowest BCUT2D eigenvalue weighted by Crippen LogP contribution is -2.30. The van der Waals surface area contributed by atoms with Crippen LogP contribution in [0.15, 0.2) is 24.3 Å². The molecule has 1 rings (SSSR count). The van der Waals surface area contributed by atoms with E-state index in [1.165, 1.54) is 0 Å². The Morgan fingerprint density at radius 2 is 1.76 bits per heavy atom. The monoisotopic (exact) mass is 295 g/mol. The average Bonchev–Trinajstić information content (AvgIpc) is 2.38. The molecule has 6 nitrogen and oxygen atoms in total. The number of benzene rings is 1. The maximum Gasteiger partial charge on any atom is 0.329 e. The molecule has 0 fully saturated rings. The van der Waals surface area contributed by atoms with Gasteiger partial charge in [0.1, 0.15) is 19.0 Å². The smallest absolute Gasteiger partial charge is 0.329 e. The van der Waals surface area contributed by atoms with Crippen LogP contribution in [0.1, 0.15) is 32.4 Å². The topological polar surface area (TPSA) is 84.9 Å². The number of nitrogens with one attached hydrogen (secondary N) is 1. The first-order chi connectivity index (χ1) is 9.88. The molecule has 6 heteroatoms. The van der Waals surface area contributed by atoms with Gasteiger partial charge in [0, 0.05) is 0 Å². The van der Waals surface area contributed by atoms with Gasteiger partial charge < -0.3 is 19.9 Å². The molecule has 0 aliphatic heterocycles. The lowest BCUT2D eigenvalue weighted by Gasteiger charge is -2.15. The van der Waals surface area contributed by atoms with Crippen LogP contribution < -0.4 is 10.1 Å². The van der Waals surface area contributed by atoms with Crippen molar-refractivity contribution in [1.29, 1.82) is 0 Å². The molecule has 0 saturated carbocycles. The molecule has 1 atom stereocenters. The fourth-order valence-electron chi connectivity index (χ4n) is 1.70. The van der Waals surface area contributed by atoms with Crippen molar-refractivity contribution in [3.05, 3.63) is 29.8 Å². The molecule has 0 spiro atoms. The SMILES string of the molecule is CC(C)Oc1ccc(C(C)NC(=O)COCC(=O)O)cc1. The quantitative estimate of drug-likeness (QED) is 0.763. The highest BCUT2D eigenvalue weighted by molar-refractivity contribution is 5.78. The van der Waals surface area contributed by atoms with Crippen molar-refractivity contribution < 1.29 is 24.2 Å². The van der Waals surface area contributed by atoms with E-state index in [0.29, 0.717) is 0 Å². The number of ether oxygens (including phenoxy) is 2. The van der Waals surface area contributed by atoms with Gasteiger partial charge in [0.2, 0.25) is 5.91 Å². The number of amides is 1. The largest absolute Gasteiger partial charge is 0.491 e. The van der Waals surface area contributed by atoms with Gasteiger partial charge in [-0.25, -0.2) is 4.79 Å². The van der Waals surface area contributed by atoms with E-state index in [4.69, 9.17) is 14.6 Å². The lowest BCUT2D eigenvalue weighted by atomic mass is 10.1. The Bertz CT molecular complexity index is 469. The first-order valence-corrected chi connectivity index (χ1v) is 6.74. The van der Waals surface area contributed by atoms with Gasteiger partial charge in [-0.1, -0.05) is 12.1 Å². The normalized spacial score (nSPS) is 12.0. The second-order valence-electron chi connectivity index (χ2n) is 4.91. The Balaban J connectivity index is 2.45. The van der Waals surface area contributed by atoms with Crippen LogP contribution in [0.5, 0.6) is 5.75 Å². The highest BCUT2D eigenvalue weighted by Crippen LogP contribution is 2.18. The Morgan fingerprint density at radius 1 is 1.14 bits per heavy atom. The number of carboxylic acid groups (broad SMARTS) is 1. The van der Waals surface area contributed by atoms with E-state index >= 15 is 0 Å². The second-order valence-corrected chi connectivity index (χ2v) is 4.91. The minimum atomic E-state index is -1.10. The van der Waals surface area contributed by atoms with E-state index in [-0.39, 0.29) is 24.7 Å². The number of hydrogen-bond donors (Lipinski definition) is 2. The standard InChI is InChI=1S/C15H21NO5/c1-10(2)21-13-6-4-12(5-7-13)11(3)16-14(17)8-20-9-15(18)19/h4-7,10-11H,8-9H2,1-3H3,(H,16,17)(H,18,19). The first kappa shape index (κ1) is 17.0. The van der Waals surface area contributed by atoms with Gasteiger partial charge in [-0.15, -0.1) is 0 Å². The predicted molar refractivity (Wildman–Crippen MR) is 77.2 cm³/mol. The van der Waals surface area contributed by atoms with Gasteiger partial charge in [-0.3, -0.25) is 4.79 Å². The Morgan fingerprint density at radius 3 is 2.29 bits per heavy atom. The molecule has 0 bridgehead atoms. The molecule has 1 aromatic carbocycles. The zero-order valence-electron chi connectivity index (χ0n) is 12.5. The third kappa shape index (κ3) is 6.76. The fraction of sp³-hybridized carbons (Fsp3) is 0.467. The van der Waals surface area contributed by atoms with Crippen molar-refractivity contribution in [3.8, 4) is 5.75 Å². The Labute approximate surface area is 124 Å². The van der Waals surface area contributed by atoms with Gasteiger partial charge in [0.15, 0.2) is 0 Å². The summed E-state index contributed by atoms with van der Waals surface area (Å²) in [6.07, 6.45) is 0.111. The van der Waals surface area contributed by atoms with Crippen LogP contribution in [-0.4, -0.2) is 36.3 Å². The number of hydrogen-bond acceptors (Lipinski definition) is 4. The molecule has 1 unspecified atom stereocenters. The second kappa shape index (κ2) is 8.26. The summed E-state index contributed by atoms with van der Waals surface area (Å²) in [6, 6.07) is 7.25. The number of aliphatic carboxylic acids is 1. The molecule has 0 aliphatic rings. The van der Waals surface area contributed by atoms with Crippen molar-refractivity contribution >= 4 is 11.9 Å². The molecule has 1 aromatic rings. The van der Waals surface area contributed by atoms with Gasteiger partial charge in [0.25, 0.3) is 0 Å². The zero-order valence-corrected chi connectivity index (χ0v) is 12.5. The van der Waals surface area contributed by atoms with Crippen LogP contribution in [0, 0.1) is 0 Å². The van der Waals surface area contributed by atoms with Crippen molar-refractivity contribution in [1.82, 2.24) is 5.32 Å². The molecule has 0 aromatic heterocycles. The van der Waals surface area contributed by atoms with Crippen LogP contribution in [0.25, 0.3) is 0 Å². The molecule has 0 aliphatic carbocycles.